The Labute approximate surface area is 150 Å². The molecule has 2 saturated carbocycles. The summed E-state index contributed by atoms with van der Waals surface area (Å²) in [7, 11) is 0. The fourth-order valence-corrected chi connectivity index (χ4v) is 4.80. The lowest BCUT2D eigenvalue weighted by Crippen LogP contribution is -2.37. The molecule has 1 aromatic rings. The van der Waals surface area contributed by atoms with Gasteiger partial charge in [0, 0.05) is 10.2 Å². The van der Waals surface area contributed by atoms with E-state index in [2.05, 4.69) is 21.2 Å². The number of halogens is 1. The standard InChI is InChI=1S/C19H22BrNO3/c1-9(2)15-12-5-6-13(15)17(19(23)24)16(12)18(22)21-11-4-7-14(20)10(3)8-11/h4,7-8,12-13,16-17H,5-6H2,1-3H3,(H,21,22)(H,23,24)/t12-,13+,16+,17-/m0/s1. The van der Waals surface area contributed by atoms with Crippen molar-refractivity contribution in [2.24, 2.45) is 23.7 Å². The number of amides is 1. The number of hydrogen-bond acceptors (Lipinski definition) is 2. The van der Waals surface area contributed by atoms with E-state index >= 15 is 0 Å². The predicted octanol–water partition coefficient (Wildman–Crippen LogP) is 4.39. The quantitative estimate of drug-likeness (QED) is 0.750. The summed E-state index contributed by atoms with van der Waals surface area (Å²) < 4.78 is 0.982. The lowest BCUT2D eigenvalue weighted by atomic mass is 9.78. The van der Waals surface area contributed by atoms with Crippen molar-refractivity contribution in [3.8, 4) is 0 Å². The van der Waals surface area contributed by atoms with Crippen LogP contribution in [0.1, 0.15) is 32.3 Å². The maximum atomic E-state index is 12.9. The van der Waals surface area contributed by atoms with Crippen molar-refractivity contribution in [1.82, 2.24) is 0 Å². The topological polar surface area (TPSA) is 66.4 Å². The largest absolute Gasteiger partial charge is 0.481 e. The molecule has 0 aliphatic heterocycles. The van der Waals surface area contributed by atoms with E-state index in [0.29, 0.717) is 5.69 Å². The zero-order valence-electron chi connectivity index (χ0n) is 14.1. The van der Waals surface area contributed by atoms with Crippen molar-refractivity contribution in [2.45, 2.75) is 33.6 Å². The van der Waals surface area contributed by atoms with E-state index < -0.39 is 17.8 Å². The monoisotopic (exact) mass is 391 g/mol. The highest BCUT2D eigenvalue weighted by atomic mass is 79.9. The molecule has 24 heavy (non-hydrogen) atoms. The number of aryl methyl sites for hydroxylation is 1. The summed E-state index contributed by atoms with van der Waals surface area (Å²) in [5, 5.41) is 12.6. The van der Waals surface area contributed by atoms with Crippen molar-refractivity contribution in [3.05, 3.63) is 39.4 Å². The average molecular weight is 392 g/mol. The van der Waals surface area contributed by atoms with Crippen LogP contribution in [0.4, 0.5) is 5.69 Å². The number of carboxylic acids is 1. The fraction of sp³-hybridized carbons (Fsp3) is 0.474. The number of fused-ring (bicyclic) bond motifs is 2. The van der Waals surface area contributed by atoms with Crippen LogP contribution in [0.2, 0.25) is 0 Å². The smallest absolute Gasteiger partial charge is 0.307 e. The molecule has 4 nitrogen and oxygen atoms in total. The van der Waals surface area contributed by atoms with Gasteiger partial charge in [0.25, 0.3) is 0 Å². The van der Waals surface area contributed by atoms with Crippen LogP contribution in [0.3, 0.4) is 0 Å². The van der Waals surface area contributed by atoms with Gasteiger partial charge in [-0.25, -0.2) is 0 Å². The molecule has 2 aliphatic carbocycles. The molecule has 0 unspecified atom stereocenters. The SMILES string of the molecule is CC(C)=C1[C@H]2CC[C@@H]1[C@@H](C(=O)Nc1ccc(Br)c(C)c1)[C@H]2C(=O)O. The first-order valence-electron chi connectivity index (χ1n) is 8.28. The highest BCUT2D eigenvalue weighted by molar-refractivity contribution is 9.10. The summed E-state index contributed by atoms with van der Waals surface area (Å²) in [6.07, 6.45) is 1.79. The molecule has 5 heteroatoms. The molecule has 2 fully saturated rings. The minimum absolute atomic E-state index is 0.0138. The Hall–Kier alpha value is -1.62. The maximum Gasteiger partial charge on any atom is 0.307 e. The summed E-state index contributed by atoms with van der Waals surface area (Å²) >= 11 is 3.44. The molecule has 0 radical (unpaired) electrons. The van der Waals surface area contributed by atoms with Gasteiger partial charge in [-0.1, -0.05) is 27.1 Å². The van der Waals surface area contributed by atoms with Gasteiger partial charge in [0.1, 0.15) is 0 Å². The van der Waals surface area contributed by atoms with Crippen molar-refractivity contribution in [2.75, 3.05) is 5.32 Å². The Balaban J connectivity index is 1.89. The van der Waals surface area contributed by atoms with Gasteiger partial charge in [-0.15, -0.1) is 0 Å². The first-order chi connectivity index (χ1) is 11.3. The number of allylic oxidation sites excluding steroid dienone is 2. The van der Waals surface area contributed by atoms with Crippen LogP contribution in [-0.2, 0) is 9.59 Å². The zero-order chi connectivity index (χ0) is 17.6. The number of anilines is 1. The van der Waals surface area contributed by atoms with Crippen LogP contribution >= 0.6 is 15.9 Å². The van der Waals surface area contributed by atoms with E-state index in [9.17, 15) is 14.7 Å². The zero-order valence-corrected chi connectivity index (χ0v) is 15.7. The van der Waals surface area contributed by atoms with Gasteiger partial charge in [-0.3, -0.25) is 9.59 Å². The molecule has 0 spiro atoms. The molecule has 4 atom stereocenters. The van der Waals surface area contributed by atoms with Gasteiger partial charge in [-0.05, 0) is 69.2 Å². The summed E-state index contributed by atoms with van der Waals surface area (Å²) in [5.41, 5.74) is 4.12. The van der Waals surface area contributed by atoms with E-state index in [4.69, 9.17) is 0 Å². The Morgan fingerprint density at radius 1 is 1.17 bits per heavy atom. The molecule has 3 rings (SSSR count). The van der Waals surface area contributed by atoms with E-state index in [0.717, 1.165) is 22.9 Å². The lowest BCUT2D eigenvalue weighted by Gasteiger charge is -2.26. The molecular weight excluding hydrogens is 370 g/mol. The van der Waals surface area contributed by atoms with Gasteiger partial charge in [-0.2, -0.15) is 0 Å². The first-order valence-corrected chi connectivity index (χ1v) is 9.07. The molecular formula is C19H22BrNO3. The fourth-order valence-electron chi connectivity index (χ4n) is 4.55. The second-order valence-corrected chi connectivity index (χ2v) is 7.94. The number of aliphatic carboxylic acids is 1. The molecule has 0 saturated heterocycles. The van der Waals surface area contributed by atoms with Crippen molar-refractivity contribution in [3.63, 3.8) is 0 Å². The highest BCUT2D eigenvalue weighted by Crippen LogP contribution is 2.57. The molecule has 1 aromatic carbocycles. The Morgan fingerprint density at radius 2 is 1.79 bits per heavy atom. The summed E-state index contributed by atoms with van der Waals surface area (Å²) in [5.74, 6) is -2.03. The molecule has 2 aliphatic rings. The van der Waals surface area contributed by atoms with Gasteiger partial charge < -0.3 is 10.4 Å². The first kappa shape index (κ1) is 17.2. The number of carboxylic acid groups (broad SMARTS) is 1. The second kappa shape index (κ2) is 6.36. The molecule has 128 valence electrons. The number of carbonyl (C=O) groups excluding carboxylic acids is 1. The van der Waals surface area contributed by atoms with E-state index in [1.54, 1.807) is 0 Å². The summed E-state index contributed by atoms with van der Waals surface area (Å²) in [6, 6.07) is 5.62. The van der Waals surface area contributed by atoms with Crippen LogP contribution in [0, 0.1) is 30.6 Å². The number of nitrogens with one attached hydrogen (secondary N) is 1. The van der Waals surface area contributed by atoms with Gasteiger partial charge in [0.05, 0.1) is 11.8 Å². The Morgan fingerprint density at radius 3 is 2.33 bits per heavy atom. The van der Waals surface area contributed by atoms with Crippen LogP contribution in [0.5, 0.6) is 0 Å². The Bertz CT molecular complexity index is 736. The predicted molar refractivity (Wildman–Crippen MR) is 96.7 cm³/mol. The maximum absolute atomic E-state index is 12.9. The van der Waals surface area contributed by atoms with Crippen molar-refractivity contribution >= 4 is 33.5 Å². The third-order valence-electron chi connectivity index (χ3n) is 5.43. The molecule has 2 N–H and O–H groups in total. The molecule has 0 aromatic heterocycles. The number of hydrogen-bond donors (Lipinski definition) is 2. The second-order valence-electron chi connectivity index (χ2n) is 7.09. The van der Waals surface area contributed by atoms with E-state index in [-0.39, 0.29) is 17.7 Å². The van der Waals surface area contributed by atoms with Gasteiger partial charge in [0.15, 0.2) is 0 Å². The summed E-state index contributed by atoms with van der Waals surface area (Å²) in [6.45, 7) is 6.01. The van der Waals surface area contributed by atoms with Gasteiger partial charge >= 0.3 is 5.97 Å². The molecule has 2 bridgehead atoms. The third kappa shape index (κ3) is 2.79. The molecule has 0 heterocycles. The van der Waals surface area contributed by atoms with Gasteiger partial charge in [0.2, 0.25) is 5.91 Å². The van der Waals surface area contributed by atoms with Crippen LogP contribution in [0.15, 0.2) is 33.8 Å². The van der Waals surface area contributed by atoms with Crippen LogP contribution < -0.4 is 5.32 Å². The summed E-state index contributed by atoms with van der Waals surface area (Å²) in [4.78, 5) is 24.7. The normalized spacial score (nSPS) is 28.1. The lowest BCUT2D eigenvalue weighted by molar-refractivity contribution is -0.148. The van der Waals surface area contributed by atoms with Crippen LogP contribution in [0.25, 0.3) is 0 Å². The van der Waals surface area contributed by atoms with E-state index in [1.807, 2.05) is 39.0 Å². The van der Waals surface area contributed by atoms with Crippen molar-refractivity contribution < 1.29 is 14.7 Å². The van der Waals surface area contributed by atoms with E-state index in [1.165, 1.54) is 11.1 Å². The number of carbonyl (C=O) groups is 2. The number of benzene rings is 1. The highest BCUT2D eigenvalue weighted by Gasteiger charge is 2.57. The van der Waals surface area contributed by atoms with Crippen LogP contribution in [-0.4, -0.2) is 17.0 Å². The minimum Gasteiger partial charge on any atom is -0.481 e. The Kier molecular flexibility index (Phi) is 4.56. The molecule has 1 amide bonds. The van der Waals surface area contributed by atoms with Crippen molar-refractivity contribution in [1.29, 1.82) is 0 Å². The minimum atomic E-state index is -0.854. The average Bonchev–Trinajstić information content (AvgIpc) is 3.06. The third-order valence-corrected chi connectivity index (χ3v) is 6.32. The number of rotatable bonds is 3.